The van der Waals surface area contributed by atoms with Crippen LogP contribution >= 0.6 is 0 Å². The molecule has 1 atom stereocenters. The van der Waals surface area contributed by atoms with Gasteiger partial charge in [-0.3, -0.25) is 0 Å². The number of unbranched alkanes of at least 4 members (excludes halogenated alkanes) is 1. The molecule has 0 fully saturated rings. The zero-order valence-corrected chi connectivity index (χ0v) is 11.1. The van der Waals surface area contributed by atoms with Crippen molar-refractivity contribution in [1.29, 1.82) is 0 Å². The Hall–Kier alpha value is -1.71. The van der Waals surface area contributed by atoms with Crippen LogP contribution in [0.1, 0.15) is 26.2 Å². The van der Waals surface area contributed by atoms with Gasteiger partial charge in [-0.15, -0.1) is 0 Å². The summed E-state index contributed by atoms with van der Waals surface area (Å²) in [7, 11) is 2.98. The Labute approximate surface area is 108 Å². The van der Waals surface area contributed by atoms with Crippen molar-refractivity contribution in [2.75, 3.05) is 14.2 Å². The summed E-state index contributed by atoms with van der Waals surface area (Å²) in [6.45, 7) is 2.07. The first-order valence-electron chi connectivity index (χ1n) is 6.09. The molecule has 0 spiro atoms. The number of carbonyl (C=O) groups is 1. The average molecular weight is 252 g/mol. The third kappa shape index (κ3) is 4.28. The van der Waals surface area contributed by atoms with E-state index < -0.39 is 6.10 Å². The van der Waals surface area contributed by atoms with Gasteiger partial charge in [-0.1, -0.05) is 13.3 Å². The number of methoxy groups -OCH3 is 2. The van der Waals surface area contributed by atoms with Crippen LogP contribution in [0, 0.1) is 0 Å². The van der Waals surface area contributed by atoms with Crippen LogP contribution in [0.2, 0.25) is 0 Å². The number of esters is 1. The lowest BCUT2D eigenvalue weighted by Gasteiger charge is -2.16. The zero-order valence-electron chi connectivity index (χ0n) is 11.1. The predicted octanol–water partition coefficient (Wildman–Crippen LogP) is 2.81. The molecular weight excluding hydrogens is 232 g/mol. The summed E-state index contributed by atoms with van der Waals surface area (Å²) in [5.41, 5.74) is 0. The fourth-order valence-corrected chi connectivity index (χ4v) is 1.56. The molecule has 0 bridgehead atoms. The molecule has 0 aliphatic heterocycles. The van der Waals surface area contributed by atoms with Gasteiger partial charge in [0.05, 0.1) is 14.2 Å². The van der Waals surface area contributed by atoms with E-state index in [0.29, 0.717) is 12.2 Å². The Morgan fingerprint density at radius 3 is 2.28 bits per heavy atom. The predicted molar refractivity (Wildman–Crippen MR) is 69.0 cm³/mol. The molecule has 1 aromatic carbocycles. The highest BCUT2D eigenvalue weighted by Crippen LogP contribution is 2.20. The lowest BCUT2D eigenvalue weighted by atomic mass is 10.1. The van der Waals surface area contributed by atoms with E-state index in [1.807, 2.05) is 0 Å². The summed E-state index contributed by atoms with van der Waals surface area (Å²) in [4.78, 5) is 11.6. The molecule has 0 aromatic heterocycles. The van der Waals surface area contributed by atoms with Crippen LogP contribution in [-0.2, 0) is 9.53 Å². The van der Waals surface area contributed by atoms with Crippen LogP contribution in [0.4, 0.5) is 0 Å². The standard InChI is InChI=1S/C14H20O4/c1-4-5-6-13(14(15)17-3)18-12-9-7-11(16-2)8-10-12/h7-10,13H,4-6H2,1-3H3. The normalized spacial score (nSPS) is 11.7. The van der Waals surface area contributed by atoms with Gasteiger partial charge in [0.2, 0.25) is 0 Å². The fourth-order valence-electron chi connectivity index (χ4n) is 1.56. The highest BCUT2D eigenvalue weighted by atomic mass is 16.6. The summed E-state index contributed by atoms with van der Waals surface area (Å²) in [5, 5.41) is 0. The van der Waals surface area contributed by atoms with E-state index >= 15 is 0 Å². The van der Waals surface area contributed by atoms with Crippen molar-refractivity contribution in [2.24, 2.45) is 0 Å². The van der Waals surface area contributed by atoms with E-state index in [-0.39, 0.29) is 5.97 Å². The van der Waals surface area contributed by atoms with Crippen molar-refractivity contribution >= 4 is 5.97 Å². The van der Waals surface area contributed by atoms with Gasteiger partial charge in [0.15, 0.2) is 6.10 Å². The molecule has 18 heavy (non-hydrogen) atoms. The third-order valence-electron chi connectivity index (χ3n) is 2.62. The monoisotopic (exact) mass is 252 g/mol. The number of benzene rings is 1. The molecule has 1 rings (SSSR count). The van der Waals surface area contributed by atoms with Crippen molar-refractivity contribution in [3.8, 4) is 11.5 Å². The molecule has 0 aliphatic carbocycles. The molecule has 4 nitrogen and oxygen atoms in total. The molecule has 1 unspecified atom stereocenters. The molecular formula is C14H20O4. The van der Waals surface area contributed by atoms with Crippen LogP contribution in [0.5, 0.6) is 11.5 Å². The Morgan fingerprint density at radius 1 is 1.17 bits per heavy atom. The lowest BCUT2D eigenvalue weighted by molar-refractivity contribution is -0.149. The highest BCUT2D eigenvalue weighted by Gasteiger charge is 2.20. The van der Waals surface area contributed by atoms with Crippen molar-refractivity contribution in [2.45, 2.75) is 32.3 Å². The molecule has 0 heterocycles. The molecule has 0 amide bonds. The van der Waals surface area contributed by atoms with Crippen molar-refractivity contribution in [1.82, 2.24) is 0 Å². The fraction of sp³-hybridized carbons (Fsp3) is 0.500. The molecule has 0 aliphatic rings. The summed E-state index contributed by atoms with van der Waals surface area (Å²) >= 11 is 0. The summed E-state index contributed by atoms with van der Waals surface area (Å²) in [6, 6.07) is 7.15. The lowest BCUT2D eigenvalue weighted by Crippen LogP contribution is -2.28. The number of ether oxygens (including phenoxy) is 3. The van der Waals surface area contributed by atoms with E-state index in [9.17, 15) is 4.79 Å². The van der Waals surface area contributed by atoms with Gasteiger partial charge in [0, 0.05) is 0 Å². The number of rotatable bonds is 7. The average Bonchev–Trinajstić information content (AvgIpc) is 2.43. The minimum Gasteiger partial charge on any atom is -0.497 e. The van der Waals surface area contributed by atoms with E-state index in [4.69, 9.17) is 14.2 Å². The van der Waals surface area contributed by atoms with Gasteiger partial charge >= 0.3 is 5.97 Å². The molecule has 100 valence electrons. The van der Waals surface area contributed by atoms with Crippen LogP contribution < -0.4 is 9.47 Å². The second-order valence-corrected chi connectivity index (χ2v) is 3.95. The Morgan fingerprint density at radius 2 is 1.78 bits per heavy atom. The summed E-state index contributed by atoms with van der Waals surface area (Å²) in [6.07, 6.45) is 2.06. The van der Waals surface area contributed by atoms with Gasteiger partial charge in [-0.05, 0) is 37.1 Å². The maximum Gasteiger partial charge on any atom is 0.347 e. The smallest absolute Gasteiger partial charge is 0.347 e. The Balaban J connectivity index is 2.65. The number of hydrogen-bond donors (Lipinski definition) is 0. The molecule has 0 N–H and O–H groups in total. The first kappa shape index (κ1) is 14.4. The van der Waals surface area contributed by atoms with Crippen molar-refractivity contribution < 1.29 is 19.0 Å². The minimum atomic E-state index is -0.539. The zero-order chi connectivity index (χ0) is 13.4. The molecule has 4 heteroatoms. The van der Waals surface area contributed by atoms with Gasteiger partial charge in [0.1, 0.15) is 11.5 Å². The Bertz CT molecular complexity index is 359. The second-order valence-electron chi connectivity index (χ2n) is 3.95. The first-order chi connectivity index (χ1) is 8.71. The number of carbonyl (C=O) groups excluding carboxylic acids is 1. The minimum absolute atomic E-state index is 0.334. The highest BCUT2D eigenvalue weighted by molar-refractivity contribution is 5.74. The third-order valence-corrected chi connectivity index (χ3v) is 2.62. The van der Waals surface area contributed by atoms with Crippen molar-refractivity contribution in [3.63, 3.8) is 0 Å². The molecule has 0 saturated carbocycles. The molecule has 0 saturated heterocycles. The van der Waals surface area contributed by atoms with E-state index in [2.05, 4.69) is 6.92 Å². The van der Waals surface area contributed by atoms with Crippen LogP contribution in [-0.4, -0.2) is 26.3 Å². The second kappa shape index (κ2) is 7.58. The maximum atomic E-state index is 11.6. The molecule has 1 aromatic rings. The van der Waals surface area contributed by atoms with E-state index in [1.54, 1.807) is 31.4 Å². The summed E-state index contributed by atoms with van der Waals surface area (Å²) in [5.74, 6) is 1.06. The van der Waals surface area contributed by atoms with Crippen molar-refractivity contribution in [3.05, 3.63) is 24.3 Å². The topological polar surface area (TPSA) is 44.8 Å². The van der Waals surface area contributed by atoms with Crippen LogP contribution in [0.3, 0.4) is 0 Å². The largest absolute Gasteiger partial charge is 0.497 e. The Kier molecular flexibility index (Phi) is 6.05. The van der Waals surface area contributed by atoms with Gasteiger partial charge in [-0.2, -0.15) is 0 Å². The van der Waals surface area contributed by atoms with E-state index in [1.165, 1.54) is 7.11 Å². The molecule has 0 radical (unpaired) electrons. The van der Waals surface area contributed by atoms with Gasteiger partial charge < -0.3 is 14.2 Å². The number of hydrogen-bond acceptors (Lipinski definition) is 4. The SMILES string of the molecule is CCCCC(Oc1ccc(OC)cc1)C(=O)OC. The van der Waals surface area contributed by atoms with Gasteiger partial charge in [-0.25, -0.2) is 4.79 Å². The quantitative estimate of drug-likeness (QED) is 0.700. The van der Waals surface area contributed by atoms with E-state index in [0.717, 1.165) is 18.6 Å². The maximum absolute atomic E-state index is 11.6. The van der Waals surface area contributed by atoms with Gasteiger partial charge in [0.25, 0.3) is 0 Å². The first-order valence-corrected chi connectivity index (χ1v) is 6.09. The summed E-state index contributed by atoms with van der Waals surface area (Å²) < 4.78 is 15.4. The van der Waals surface area contributed by atoms with Crippen LogP contribution in [0.15, 0.2) is 24.3 Å². The van der Waals surface area contributed by atoms with Crippen LogP contribution in [0.25, 0.3) is 0 Å².